The Hall–Kier alpha value is -3.15. The van der Waals surface area contributed by atoms with Crippen LogP contribution >= 0.6 is 0 Å². The third-order valence-corrected chi connectivity index (χ3v) is 2.63. The number of ketones is 1. The number of carbonyl (C=O) groups is 2. The first-order valence-corrected chi connectivity index (χ1v) is 6.06. The quantitative estimate of drug-likeness (QED) is 0.533. The lowest BCUT2D eigenvalue weighted by molar-refractivity contribution is -0.159. The Kier molecular flexibility index (Phi) is 4.18. The van der Waals surface area contributed by atoms with Crippen LogP contribution in [0.3, 0.4) is 0 Å². The van der Waals surface area contributed by atoms with Crippen LogP contribution in [0.5, 0.6) is 0 Å². The number of hydrogen-bond donors (Lipinski definition) is 1. The number of halogens is 3. The molecule has 0 radical (unpaired) electrons. The van der Waals surface area contributed by atoms with Gasteiger partial charge in [-0.05, 0) is 24.1 Å². The average molecular weight is 323 g/mol. The van der Waals surface area contributed by atoms with Gasteiger partial charge in [-0.25, -0.2) is 0 Å². The van der Waals surface area contributed by atoms with Crippen molar-refractivity contribution in [1.82, 2.24) is 10.1 Å². The molecule has 0 bridgehead atoms. The summed E-state index contributed by atoms with van der Waals surface area (Å²) in [6, 6.07) is 3.81. The zero-order valence-electron chi connectivity index (χ0n) is 11.6. The van der Waals surface area contributed by atoms with E-state index in [1.807, 2.05) is 5.92 Å². The number of amides is 1. The summed E-state index contributed by atoms with van der Waals surface area (Å²) in [6.45, 7) is 1.23. The van der Waals surface area contributed by atoms with E-state index >= 15 is 0 Å². The Morgan fingerprint density at radius 1 is 1.35 bits per heavy atom. The molecule has 0 aliphatic carbocycles. The predicted octanol–water partition coefficient (Wildman–Crippen LogP) is 2.53. The van der Waals surface area contributed by atoms with Crippen molar-refractivity contribution >= 4 is 17.4 Å². The molecule has 2 rings (SSSR count). The topological polar surface area (TPSA) is 85.1 Å². The first-order chi connectivity index (χ1) is 10.7. The molecule has 0 aliphatic rings. The average Bonchev–Trinajstić information content (AvgIpc) is 2.96. The van der Waals surface area contributed by atoms with Crippen molar-refractivity contribution in [2.24, 2.45) is 0 Å². The second kappa shape index (κ2) is 5.92. The van der Waals surface area contributed by atoms with Crippen LogP contribution in [0.15, 0.2) is 22.7 Å². The van der Waals surface area contributed by atoms with Crippen molar-refractivity contribution in [2.45, 2.75) is 13.1 Å². The van der Waals surface area contributed by atoms with Crippen molar-refractivity contribution in [3.63, 3.8) is 0 Å². The second-order valence-corrected chi connectivity index (χ2v) is 4.34. The summed E-state index contributed by atoms with van der Waals surface area (Å²) < 4.78 is 41.5. The van der Waals surface area contributed by atoms with Gasteiger partial charge in [-0.1, -0.05) is 5.16 Å². The molecule has 0 spiro atoms. The molecule has 6 nitrogen and oxygen atoms in total. The summed E-state index contributed by atoms with van der Waals surface area (Å²) in [5.74, 6) is -1.20. The number of Topliss-reactive ketones (excluding diaryl/α,β-unsaturated/α-hetero) is 1. The Balaban J connectivity index is 2.49. The van der Waals surface area contributed by atoms with E-state index in [-0.39, 0.29) is 22.6 Å². The molecule has 0 aliphatic heterocycles. The number of aromatic nitrogens is 2. The molecule has 23 heavy (non-hydrogen) atoms. The van der Waals surface area contributed by atoms with Crippen LogP contribution < -0.4 is 5.32 Å². The van der Waals surface area contributed by atoms with Crippen LogP contribution in [-0.2, 0) is 11.0 Å². The summed E-state index contributed by atoms with van der Waals surface area (Å²) in [6.07, 6.45) is 0.264. The monoisotopic (exact) mass is 323 g/mol. The SMILES string of the molecule is C#CC(=O)c1cc(-c2noc(C(F)(F)F)n2)ccc1NC(C)=O. The first-order valence-electron chi connectivity index (χ1n) is 6.06. The molecule has 0 atom stereocenters. The largest absolute Gasteiger partial charge is 0.471 e. The van der Waals surface area contributed by atoms with Crippen LogP contribution in [0.25, 0.3) is 11.4 Å². The van der Waals surface area contributed by atoms with Gasteiger partial charge in [0.05, 0.1) is 11.3 Å². The summed E-state index contributed by atoms with van der Waals surface area (Å²) >= 11 is 0. The number of carbonyl (C=O) groups excluding carboxylic acids is 2. The van der Waals surface area contributed by atoms with Crippen molar-refractivity contribution in [3.05, 3.63) is 29.7 Å². The van der Waals surface area contributed by atoms with Gasteiger partial charge in [-0.2, -0.15) is 18.2 Å². The Labute approximate surface area is 127 Å². The summed E-state index contributed by atoms with van der Waals surface area (Å²) in [5.41, 5.74) is 0.138. The number of alkyl halides is 3. The minimum absolute atomic E-state index is 0.0708. The maximum Gasteiger partial charge on any atom is 0.471 e. The normalized spacial score (nSPS) is 10.9. The molecule has 1 amide bonds. The van der Waals surface area contributed by atoms with Crippen molar-refractivity contribution in [3.8, 4) is 23.7 Å². The molecular formula is C14H8F3N3O3. The van der Waals surface area contributed by atoms with E-state index in [9.17, 15) is 22.8 Å². The van der Waals surface area contributed by atoms with Gasteiger partial charge in [0.2, 0.25) is 17.5 Å². The number of hydrogen-bond acceptors (Lipinski definition) is 5. The number of rotatable bonds is 3. The lowest BCUT2D eigenvalue weighted by atomic mass is 10.0. The molecule has 1 aromatic carbocycles. The lowest BCUT2D eigenvalue weighted by Crippen LogP contribution is -2.10. The van der Waals surface area contributed by atoms with Gasteiger partial charge in [0.15, 0.2) is 0 Å². The maximum atomic E-state index is 12.5. The molecule has 2 aromatic rings. The number of anilines is 1. The predicted molar refractivity (Wildman–Crippen MR) is 72.2 cm³/mol. The van der Waals surface area contributed by atoms with E-state index in [4.69, 9.17) is 6.42 Å². The van der Waals surface area contributed by atoms with E-state index in [1.165, 1.54) is 25.1 Å². The Bertz CT molecular complexity index is 819. The van der Waals surface area contributed by atoms with Crippen LogP contribution in [0.1, 0.15) is 23.2 Å². The molecule has 0 fully saturated rings. The molecule has 0 unspecified atom stereocenters. The standard InChI is InChI=1S/C14H8F3N3O3/c1-3-11(22)9-6-8(4-5-10(9)18-7(2)21)12-19-13(23-20-12)14(15,16)17/h1,4-6H,2H3,(H,18,21). The van der Waals surface area contributed by atoms with Crippen molar-refractivity contribution < 1.29 is 27.3 Å². The van der Waals surface area contributed by atoms with Crippen molar-refractivity contribution in [1.29, 1.82) is 0 Å². The van der Waals surface area contributed by atoms with Crippen LogP contribution in [0.2, 0.25) is 0 Å². The molecule has 1 aromatic heterocycles. The van der Waals surface area contributed by atoms with E-state index in [0.29, 0.717) is 0 Å². The van der Waals surface area contributed by atoms with Crippen molar-refractivity contribution in [2.75, 3.05) is 5.32 Å². The lowest BCUT2D eigenvalue weighted by Gasteiger charge is -2.08. The Morgan fingerprint density at radius 2 is 2.04 bits per heavy atom. The molecule has 0 saturated carbocycles. The number of terminal acetylenes is 1. The van der Waals surface area contributed by atoms with Gasteiger partial charge in [-0.15, -0.1) is 6.42 Å². The summed E-state index contributed by atoms with van der Waals surface area (Å²) in [4.78, 5) is 26.1. The second-order valence-electron chi connectivity index (χ2n) is 4.34. The first kappa shape index (κ1) is 16.2. The number of nitrogens with one attached hydrogen (secondary N) is 1. The molecule has 9 heteroatoms. The molecule has 1 heterocycles. The third kappa shape index (κ3) is 3.55. The minimum Gasteiger partial charge on any atom is -0.329 e. The highest BCUT2D eigenvalue weighted by molar-refractivity contribution is 6.14. The maximum absolute atomic E-state index is 12.5. The summed E-state index contributed by atoms with van der Waals surface area (Å²) in [7, 11) is 0. The van der Waals surface area contributed by atoms with Gasteiger partial charge in [0.1, 0.15) is 0 Å². The van der Waals surface area contributed by atoms with Gasteiger partial charge in [0, 0.05) is 12.5 Å². The Morgan fingerprint density at radius 3 is 2.57 bits per heavy atom. The van der Waals surface area contributed by atoms with Gasteiger partial charge >= 0.3 is 12.1 Å². The molecule has 118 valence electrons. The fraction of sp³-hybridized carbons (Fsp3) is 0.143. The smallest absolute Gasteiger partial charge is 0.329 e. The van der Waals surface area contributed by atoms with Gasteiger partial charge < -0.3 is 9.84 Å². The highest BCUT2D eigenvalue weighted by Gasteiger charge is 2.38. The third-order valence-electron chi connectivity index (χ3n) is 2.63. The highest BCUT2D eigenvalue weighted by atomic mass is 19.4. The molecular weight excluding hydrogens is 315 g/mol. The van der Waals surface area contributed by atoms with Gasteiger partial charge in [-0.3, -0.25) is 9.59 Å². The highest BCUT2D eigenvalue weighted by Crippen LogP contribution is 2.30. The summed E-state index contributed by atoms with van der Waals surface area (Å²) in [5, 5.41) is 5.61. The van der Waals surface area contributed by atoms with E-state index in [1.54, 1.807) is 0 Å². The zero-order valence-corrected chi connectivity index (χ0v) is 11.6. The van der Waals surface area contributed by atoms with E-state index < -0.39 is 23.8 Å². The van der Waals surface area contributed by atoms with E-state index in [2.05, 4.69) is 20.0 Å². The zero-order chi connectivity index (χ0) is 17.2. The van der Waals surface area contributed by atoms with Crippen LogP contribution in [0.4, 0.5) is 18.9 Å². The number of benzene rings is 1. The van der Waals surface area contributed by atoms with Crippen LogP contribution in [0, 0.1) is 12.3 Å². The van der Waals surface area contributed by atoms with Gasteiger partial charge in [0.25, 0.3) is 0 Å². The van der Waals surface area contributed by atoms with Crippen LogP contribution in [-0.4, -0.2) is 21.8 Å². The minimum atomic E-state index is -4.78. The fourth-order valence-electron chi connectivity index (χ4n) is 1.70. The molecule has 1 N–H and O–H groups in total. The van der Waals surface area contributed by atoms with E-state index in [0.717, 1.165) is 0 Å². The number of nitrogens with zero attached hydrogens (tertiary/aromatic N) is 2. The fourth-order valence-corrected chi connectivity index (χ4v) is 1.70. The molecule has 0 saturated heterocycles.